The van der Waals surface area contributed by atoms with E-state index in [2.05, 4.69) is 15.9 Å². The van der Waals surface area contributed by atoms with Gasteiger partial charge in [0.1, 0.15) is 5.75 Å². The molecule has 0 saturated carbocycles. The summed E-state index contributed by atoms with van der Waals surface area (Å²) in [5.41, 5.74) is 0.491. The highest BCUT2D eigenvalue weighted by atomic mass is 79.9. The van der Waals surface area contributed by atoms with Gasteiger partial charge in [0.2, 0.25) is 0 Å². The molecule has 7 heteroatoms. The van der Waals surface area contributed by atoms with E-state index in [-0.39, 0.29) is 18.9 Å². The Morgan fingerprint density at radius 3 is 2.95 bits per heavy atom. The average molecular weight is 358 g/mol. The fraction of sp³-hybridized carbons (Fsp3) is 0.429. The van der Waals surface area contributed by atoms with Gasteiger partial charge in [-0.25, -0.2) is 0 Å². The fourth-order valence-corrected chi connectivity index (χ4v) is 2.60. The normalized spacial score (nSPS) is 18.4. The highest BCUT2D eigenvalue weighted by molar-refractivity contribution is 9.10. The molecule has 1 unspecified atom stereocenters. The highest BCUT2D eigenvalue weighted by Crippen LogP contribution is 2.24. The van der Waals surface area contributed by atoms with Gasteiger partial charge in [0, 0.05) is 17.6 Å². The Morgan fingerprint density at radius 2 is 2.29 bits per heavy atom. The predicted octanol–water partition coefficient (Wildman–Crippen LogP) is 1.77. The van der Waals surface area contributed by atoms with E-state index < -0.39 is 12.1 Å². The average Bonchev–Trinajstić information content (AvgIpc) is 2.46. The number of halogens is 1. The van der Waals surface area contributed by atoms with Crippen LogP contribution in [0.1, 0.15) is 16.8 Å². The summed E-state index contributed by atoms with van der Waals surface area (Å²) in [6, 6.07) is 5.17. The van der Waals surface area contributed by atoms with Gasteiger partial charge in [0.05, 0.1) is 31.8 Å². The lowest BCUT2D eigenvalue weighted by molar-refractivity contribution is -0.141. The summed E-state index contributed by atoms with van der Waals surface area (Å²) in [5.74, 6) is -0.506. The molecule has 0 spiro atoms. The number of methoxy groups -OCH3 is 1. The van der Waals surface area contributed by atoms with Crippen molar-refractivity contribution in [3.05, 3.63) is 28.2 Å². The number of benzene rings is 1. The first-order valence-electron chi connectivity index (χ1n) is 6.47. The number of hydrogen-bond acceptors (Lipinski definition) is 4. The number of hydrogen-bond donors (Lipinski definition) is 1. The molecule has 1 fully saturated rings. The molecule has 114 valence electrons. The van der Waals surface area contributed by atoms with E-state index in [4.69, 9.17) is 14.6 Å². The van der Waals surface area contributed by atoms with E-state index in [0.717, 1.165) is 0 Å². The predicted molar refractivity (Wildman–Crippen MR) is 78.6 cm³/mol. The molecule has 1 heterocycles. The second-order valence-corrected chi connectivity index (χ2v) is 5.54. The van der Waals surface area contributed by atoms with Crippen LogP contribution in [0.2, 0.25) is 0 Å². The van der Waals surface area contributed by atoms with Crippen LogP contribution in [0.3, 0.4) is 0 Å². The molecule has 0 bridgehead atoms. The largest absolute Gasteiger partial charge is 0.497 e. The number of carbonyl (C=O) groups excluding carboxylic acids is 1. The minimum absolute atomic E-state index is 0.108. The summed E-state index contributed by atoms with van der Waals surface area (Å²) in [6.07, 6.45) is -0.576. The van der Waals surface area contributed by atoms with Gasteiger partial charge in [0.15, 0.2) is 0 Å². The van der Waals surface area contributed by atoms with E-state index in [1.165, 1.54) is 7.11 Å². The summed E-state index contributed by atoms with van der Waals surface area (Å²) < 4.78 is 11.2. The first-order chi connectivity index (χ1) is 10.0. The topological polar surface area (TPSA) is 76.1 Å². The molecule has 1 atom stereocenters. The summed E-state index contributed by atoms with van der Waals surface area (Å²) in [7, 11) is 1.54. The zero-order valence-corrected chi connectivity index (χ0v) is 13.1. The maximum absolute atomic E-state index is 12.6. The van der Waals surface area contributed by atoms with E-state index in [0.29, 0.717) is 28.9 Å². The molecule has 1 saturated heterocycles. The van der Waals surface area contributed by atoms with E-state index in [1.807, 2.05) is 0 Å². The van der Waals surface area contributed by atoms with Crippen LogP contribution in [0, 0.1) is 0 Å². The molecule has 1 aromatic rings. The monoisotopic (exact) mass is 357 g/mol. The second-order valence-electron chi connectivity index (χ2n) is 4.69. The van der Waals surface area contributed by atoms with Gasteiger partial charge in [-0.3, -0.25) is 9.59 Å². The lowest BCUT2D eigenvalue weighted by atomic mass is 10.1. The Morgan fingerprint density at radius 1 is 1.52 bits per heavy atom. The van der Waals surface area contributed by atoms with Gasteiger partial charge in [-0.15, -0.1) is 0 Å². The number of carbonyl (C=O) groups is 2. The molecule has 1 amide bonds. The summed E-state index contributed by atoms with van der Waals surface area (Å²) in [5, 5.41) is 8.81. The van der Waals surface area contributed by atoms with Crippen molar-refractivity contribution >= 4 is 27.8 Å². The molecule has 6 nitrogen and oxygen atoms in total. The van der Waals surface area contributed by atoms with Crippen molar-refractivity contribution < 1.29 is 24.2 Å². The molecule has 0 radical (unpaired) electrons. The summed E-state index contributed by atoms with van der Waals surface area (Å²) in [4.78, 5) is 24.9. The lowest BCUT2D eigenvalue weighted by Gasteiger charge is -2.32. The standard InChI is InChI=1S/C14H16BrNO5/c1-20-9-2-3-12(15)11(6-9)14(19)16-4-5-21-10(8-16)7-13(17)18/h2-3,6,10H,4-5,7-8H2,1H3,(H,17,18). The van der Waals surface area contributed by atoms with E-state index in [1.54, 1.807) is 23.1 Å². The third kappa shape index (κ3) is 3.95. The number of morpholine rings is 1. The third-order valence-electron chi connectivity index (χ3n) is 3.23. The van der Waals surface area contributed by atoms with Crippen LogP contribution < -0.4 is 4.74 Å². The number of rotatable bonds is 4. The number of amides is 1. The quantitative estimate of drug-likeness (QED) is 0.888. The van der Waals surface area contributed by atoms with E-state index >= 15 is 0 Å². The number of nitrogens with zero attached hydrogens (tertiary/aromatic N) is 1. The van der Waals surface area contributed by atoms with Crippen LogP contribution in [0.25, 0.3) is 0 Å². The minimum atomic E-state index is -0.933. The lowest BCUT2D eigenvalue weighted by Crippen LogP contribution is -2.46. The first kappa shape index (κ1) is 15.8. The molecule has 0 aliphatic carbocycles. The van der Waals surface area contributed by atoms with Crippen LogP contribution in [0.5, 0.6) is 5.75 Å². The van der Waals surface area contributed by atoms with Gasteiger partial charge in [-0.2, -0.15) is 0 Å². The van der Waals surface area contributed by atoms with Crippen LogP contribution >= 0.6 is 15.9 Å². The minimum Gasteiger partial charge on any atom is -0.497 e. The number of aliphatic carboxylic acids is 1. The van der Waals surface area contributed by atoms with Crippen LogP contribution in [0.4, 0.5) is 0 Å². The molecule has 1 N–H and O–H groups in total. The molecule has 0 aromatic heterocycles. The van der Waals surface area contributed by atoms with Gasteiger partial charge < -0.3 is 19.5 Å². The molecular weight excluding hydrogens is 342 g/mol. The number of carboxylic acids is 1. The van der Waals surface area contributed by atoms with Gasteiger partial charge in [-0.05, 0) is 34.1 Å². The second kappa shape index (κ2) is 6.91. The maximum atomic E-state index is 12.6. The van der Waals surface area contributed by atoms with Gasteiger partial charge in [-0.1, -0.05) is 0 Å². The fourth-order valence-electron chi connectivity index (χ4n) is 2.19. The van der Waals surface area contributed by atoms with Crippen molar-refractivity contribution in [1.82, 2.24) is 4.90 Å². The Kier molecular flexibility index (Phi) is 5.19. The van der Waals surface area contributed by atoms with Crippen molar-refractivity contribution in [3.8, 4) is 5.75 Å². The van der Waals surface area contributed by atoms with Crippen molar-refractivity contribution in [2.24, 2.45) is 0 Å². The van der Waals surface area contributed by atoms with Crippen molar-refractivity contribution in [1.29, 1.82) is 0 Å². The third-order valence-corrected chi connectivity index (χ3v) is 3.92. The van der Waals surface area contributed by atoms with Gasteiger partial charge in [0.25, 0.3) is 5.91 Å². The Hall–Kier alpha value is -1.60. The van der Waals surface area contributed by atoms with E-state index in [9.17, 15) is 9.59 Å². The van der Waals surface area contributed by atoms with Crippen LogP contribution in [-0.4, -0.2) is 54.8 Å². The molecule has 1 aliphatic rings. The Labute approximate surface area is 130 Å². The Bertz CT molecular complexity index is 548. The maximum Gasteiger partial charge on any atom is 0.306 e. The van der Waals surface area contributed by atoms with Crippen LogP contribution in [-0.2, 0) is 9.53 Å². The highest BCUT2D eigenvalue weighted by Gasteiger charge is 2.27. The summed E-state index contributed by atoms with van der Waals surface area (Å²) in [6.45, 7) is 1.05. The molecule has 1 aliphatic heterocycles. The zero-order chi connectivity index (χ0) is 15.4. The number of ether oxygens (including phenoxy) is 2. The molecule has 2 rings (SSSR count). The van der Waals surface area contributed by atoms with Crippen molar-refractivity contribution in [2.75, 3.05) is 26.8 Å². The number of carboxylic acid groups (broad SMARTS) is 1. The zero-order valence-electron chi connectivity index (χ0n) is 11.5. The molecule has 1 aromatic carbocycles. The molecular formula is C14H16BrNO5. The SMILES string of the molecule is COc1ccc(Br)c(C(=O)N2CCOC(CC(=O)O)C2)c1. The van der Waals surface area contributed by atoms with Crippen LogP contribution in [0.15, 0.2) is 22.7 Å². The summed E-state index contributed by atoms with van der Waals surface area (Å²) >= 11 is 3.35. The first-order valence-corrected chi connectivity index (χ1v) is 7.26. The van der Waals surface area contributed by atoms with Crippen molar-refractivity contribution in [3.63, 3.8) is 0 Å². The molecule has 21 heavy (non-hydrogen) atoms. The van der Waals surface area contributed by atoms with Gasteiger partial charge >= 0.3 is 5.97 Å². The Balaban J connectivity index is 2.13. The smallest absolute Gasteiger partial charge is 0.306 e. The van der Waals surface area contributed by atoms with Crippen molar-refractivity contribution in [2.45, 2.75) is 12.5 Å².